The number of hydrogen-bond donors (Lipinski definition) is 0. The SMILES string of the molecule is CCCCOP(OCCCC)Oc1ccccc1. The summed E-state index contributed by atoms with van der Waals surface area (Å²) in [5, 5.41) is 0. The van der Waals surface area contributed by atoms with Crippen LogP contribution in [0.5, 0.6) is 5.75 Å². The monoisotopic (exact) mass is 270 g/mol. The Morgan fingerprint density at radius 3 is 1.94 bits per heavy atom. The van der Waals surface area contributed by atoms with Gasteiger partial charge in [0.2, 0.25) is 0 Å². The van der Waals surface area contributed by atoms with Gasteiger partial charge in [0.15, 0.2) is 0 Å². The third-order valence-electron chi connectivity index (χ3n) is 2.31. The van der Waals surface area contributed by atoms with Gasteiger partial charge in [-0.3, -0.25) is 0 Å². The normalized spacial score (nSPS) is 10.8. The predicted molar refractivity (Wildman–Crippen MR) is 75.7 cm³/mol. The maximum absolute atomic E-state index is 5.73. The van der Waals surface area contributed by atoms with Crippen LogP contribution in [-0.4, -0.2) is 13.2 Å². The third kappa shape index (κ3) is 6.95. The molecule has 0 aliphatic rings. The first-order valence-corrected chi connectivity index (χ1v) is 7.75. The molecule has 0 amide bonds. The Morgan fingerprint density at radius 2 is 1.44 bits per heavy atom. The van der Waals surface area contributed by atoms with Crippen LogP contribution in [0.25, 0.3) is 0 Å². The first-order valence-electron chi connectivity index (χ1n) is 6.65. The molecule has 0 aliphatic carbocycles. The van der Waals surface area contributed by atoms with Crippen LogP contribution >= 0.6 is 8.60 Å². The molecule has 0 heterocycles. The second-order valence-corrected chi connectivity index (χ2v) is 5.15. The van der Waals surface area contributed by atoms with E-state index < -0.39 is 8.60 Å². The molecule has 0 aromatic heterocycles. The molecule has 0 fully saturated rings. The quantitative estimate of drug-likeness (QED) is 0.446. The Hall–Kier alpha value is -0.630. The van der Waals surface area contributed by atoms with Gasteiger partial charge in [0.25, 0.3) is 0 Å². The smallest absolute Gasteiger partial charge is 0.397 e. The minimum atomic E-state index is -1.26. The van der Waals surface area contributed by atoms with Gasteiger partial charge in [-0.05, 0) is 25.0 Å². The van der Waals surface area contributed by atoms with Gasteiger partial charge in [0, 0.05) is 0 Å². The van der Waals surface area contributed by atoms with Gasteiger partial charge in [0.1, 0.15) is 5.75 Å². The molecule has 1 rings (SSSR count). The fourth-order valence-corrected chi connectivity index (χ4v) is 2.25. The van der Waals surface area contributed by atoms with Crippen LogP contribution in [0, 0.1) is 0 Å². The molecule has 102 valence electrons. The lowest BCUT2D eigenvalue weighted by Crippen LogP contribution is -2.00. The number of hydrogen-bond acceptors (Lipinski definition) is 3. The molecule has 1 aromatic carbocycles. The first kappa shape index (κ1) is 15.4. The number of para-hydroxylation sites is 1. The van der Waals surface area contributed by atoms with E-state index >= 15 is 0 Å². The largest absolute Gasteiger partial charge is 0.427 e. The van der Waals surface area contributed by atoms with Crippen molar-refractivity contribution >= 4 is 8.60 Å². The van der Waals surface area contributed by atoms with Crippen LogP contribution in [0.2, 0.25) is 0 Å². The average molecular weight is 270 g/mol. The van der Waals surface area contributed by atoms with Crippen LogP contribution < -0.4 is 4.52 Å². The summed E-state index contributed by atoms with van der Waals surface area (Å²) in [6, 6.07) is 9.69. The molecule has 0 bridgehead atoms. The minimum Gasteiger partial charge on any atom is -0.427 e. The molecule has 0 aliphatic heterocycles. The van der Waals surface area contributed by atoms with Crippen molar-refractivity contribution in [2.24, 2.45) is 0 Å². The summed E-state index contributed by atoms with van der Waals surface area (Å²) in [7, 11) is -1.26. The van der Waals surface area contributed by atoms with E-state index in [9.17, 15) is 0 Å². The highest BCUT2D eigenvalue weighted by molar-refractivity contribution is 7.42. The second-order valence-electron chi connectivity index (χ2n) is 4.00. The number of unbranched alkanes of at least 4 members (excludes halogenated alkanes) is 2. The number of benzene rings is 1. The maximum Gasteiger partial charge on any atom is 0.397 e. The van der Waals surface area contributed by atoms with Crippen molar-refractivity contribution in [1.29, 1.82) is 0 Å². The highest BCUT2D eigenvalue weighted by Gasteiger charge is 2.14. The first-order chi connectivity index (χ1) is 8.86. The fourth-order valence-electron chi connectivity index (χ4n) is 1.22. The zero-order chi connectivity index (χ0) is 13.1. The summed E-state index contributed by atoms with van der Waals surface area (Å²) in [6.07, 6.45) is 4.30. The van der Waals surface area contributed by atoms with Gasteiger partial charge in [-0.15, -0.1) is 0 Å². The lowest BCUT2D eigenvalue weighted by Gasteiger charge is -2.16. The van der Waals surface area contributed by atoms with Gasteiger partial charge in [-0.2, -0.15) is 0 Å². The standard InChI is InChI=1S/C14H23O3P/c1-3-5-12-15-18(16-13-6-4-2)17-14-10-8-7-9-11-14/h7-11H,3-6,12-13H2,1-2H3. The van der Waals surface area contributed by atoms with Crippen LogP contribution in [0.4, 0.5) is 0 Å². The average Bonchev–Trinajstić information content (AvgIpc) is 2.40. The summed E-state index contributed by atoms with van der Waals surface area (Å²) >= 11 is 0. The molecule has 0 N–H and O–H groups in total. The van der Waals surface area contributed by atoms with Crippen LogP contribution in [-0.2, 0) is 9.05 Å². The molecular weight excluding hydrogens is 247 g/mol. The highest BCUT2D eigenvalue weighted by atomic mass is 31.2. The van der Waals surface area contributed by atoms with E-state index in [1.54, 1.807) is 0 Å². The molecule has 0 radical (unpaired) electrons. The molecule has 1 aromatic rings. The Morgan fingerprint density at radius 1 is 0.889 bits per heavy atom. The summed E-state index contributed by atoms with van der Waals surface area (Å²) in [5.41, 5.74) is 0. The Labute approximate surface area is 111 Å². The molecular formula is C14H23O3P. The summed E-state index contributed by atoms with van der Waals surface area (Å²) in [6.45, 7) is 5.67. The molecule has 4 heteroatoms. The van der Waals surface area contributed by atoms with E-state index in [4.69, 9.17) is 13.6 Å². The van der Waals surface area contributed by atoms with E-state index in [2.05, 4.69) is 13.8 Å². The van der Waals surface area contributed by atoms with Crippen molar-refractivity contribution in [3.05, 3.63) is 30.3 Å². The molecule has 18 heavy (non-hydrogen) atoms. The van der Waals surface area contributed by atoms with Crippen molar-refractivity contribution in [2.45, 2.75) is 39.5 Å². The Kier molecular flexibility index (Phi) is 8.83. The van der Waals surface area contributed by atoms with Crippen molar-refractivity contribution < 1.29 is 13.6 Å². The molecule has 0 spiro atoms. The van der Waals surface area contributed by atoms with E-state index in [1.807, 2.05) is 30.3 Å². The summed E-state index contributed by atoms with van der Waals surface area (Å²) in [5.74, 6) is 0.802. The predicted octanol–water partition coefficient (Wildman–Crippen LogP) is 4.93. The van der Waals surface area contributed by atoms with Crippen LogP contribution in [0.3, 0.4) is 0 Å². The van der Waals surface area contributed by atoms with E-state index in [1.165, 1.54) is 0 Å². The van der Waals surface area contributed by atoms with Gasteiger partial charge >= 0.3 is 8.60 Å². The highest BCUT2D eigenvalue weighted by Crippen LogP contribution is 2.40. The molecule has 0 saturated heterocycles. The lowest BCUT2D eigenvalue weighted by molar-refractivity contribution is 0.201. The summed E-state index contributed by atoms with van der Waals surface area (Å²) < 4.78 is 17.0. The number of rotatable bonds is 10. The topological polar surface area (TPSA) is 27.7 Å². The van der Waals surface area contributed by atoms with Crippen molar-refractivity contribution in [3.63, 3.8) is 0 Å². The Bertz CT molecular complexity index is 282. The second kappa shape index (κ2) is 10.3. The van der Waals surface area contributed by atoms with E-state index in [0.717, 1.165) is 31.4 Å². The fraction of sp³-hybridized carbons (Fsp3) is 0.571. The van der Waals surface area contributed by atoms with Gasteiger partial charge in [-0.25, -0.2) is 0 Å². The summed E-state index contributed by atoms with van der Waals surface area (Å²) in [4.78, 5) is 0. The van der Waals surface area contributed by atoms with Crippen LogP contribution in [0.1, 0.15) is 39.5 Å². The molecule has 0 saturated carbocycles. The van der Waals surface area contributed by atoms with Crippen molar-refractivity contribution in [2.75, 3.05) is 13.2 Å². The van der Waals surface area contributed by atoms with Crippen molar-refractivity contribution in [1.82, 2.24) is 0 Å². The van der Waals surface area contributed by atoms with Crippen molar-refractivity contribution in [3.8, 4) is 5.75 Å². The molecule has 0 unspecified atom stereocenters. The lowest BCUT2D eigenvalue weighted by atomic mass is 10.3. The van der Waals surface area contributed by atoms with Gasteiger partial charge < -0.3 is 13.6 Å². The third-order valence-corrected chi connectivity index (χ3v) is 3.46. The minimum absolute atomic E-state index is 0.696. The van der Waals surface area contributed by atoms with Crippen LogP contribution in [0.15, 0.2) is 30.3 Å². The van der Waals surface area contributed by atoms with E-state index in [-0.39, 0.29) is 0 Å². The zero-order valence-electron chi connectivity index (χ0n) is 11.3. The molecule has 0 atom stereocenters. The maximum atomic E-state index is 5.73. The van der Waals surface area contributed by atoms with Gasteiger partial charge in [0.05, 0.1) is 13.2 Å². The van der Waals surface area contributed by atoms with E-state index in [0.29, 0.717) is 13.2 Å². The van der Waals surface area contributed by atoms with Gasteiger partial charge in [-0.1, -0.05) is 44.9 Å². The Balaban J connectivity index is 2.37. The molecule has 3 nitrogen and oxygen atoms in total. The zero-order valence-corrected chi connectivity index (χ0v) is 12.2.